The molecule has 1 rings (SSSR count). The number of amides is 1. The van der Waals surface area contributed by atoms with Gasteiger partial charge in [-0.1, -0.05) is 0 Å². The number of rotatable bonds is 2. The van der Waals surface area contributed by atoms with Crippen LogP contribution in [-0.2, 0) is 9.59 Å². The van der Waals surface area contributed by atoms with Crippen molar-refractivity contribution in [1.82, 2.24) is 4.90 Å². The third kappa shape index (κ3) is 1.31. The summed E-state index contributed by atoms with van der Waals surface area (Å²) in [5, 5.41) is -0.204. The van der Waals surface area contributed by atoms with E-state index >= 15 is 0 Å². The standard InChI is InChI=1S/C6H9NO2S/c8-4-7-3-1-2-5(7)6(9)10/h4-5H,1-3H2,(H,9,10)/t5-/m0/s1. The first-order valence-electron chi connectivity index (χ1n) is 3.19. The van der Waals surface area contributed by atoms with E-state index < -0.39 is 0 Å². The van der Waals surface area contributed by atoms with E-state index in [1.165, 1.54) is 4.90 Å². The SMILES string of the molecule is O=CN1CCC[C@H]1C(=O)S. The number of likely N-dealkylation sites (tertiary alicyclic amines) is 1. The minimum atomic E-state index is -0.263. The fourth-order valence-electron chi connectivity index (χ4n) is 1.18. The Morgan fingerprint density at radius 3 is 2.80 bits per heavy atom. The van der Waals surface area contributed by atoms with Crippen LogP contribution in [-0.4, -0.2) is 29.0 Å². The summed E-state index contributed by atoms with van der Waals surface area (Å²) in [5.41, 5.74) is 0. The second-order valence-corrected chi connectivity index (χ2v) is 2.78. The van der Waals surface area contributed by atoms with Gasteiger partial charge in [0.2, 0.25) is 11.5 Å². The fourth-order valence-corrected chi connectivity index (χ4v) is 1.46. The van der Waals surface area contributed by atoms with Gasteiger partial charge in [-0.05, 0) is 12.8 Å². The molecular formula is C6H9NO2S. The average Bonchev–Trinajstić information content (AvgIpc) is 2.33. The maximum atomic E-state index is 10.7. The molecule has 1 fully saturated rings. The van der Waals surface area contributed by atoms with Crippen LogP contribution in [0.3, 0.4) is 0 Å². The molecular weight excluding hydrogens is 150 g/mol. The molecule has 0 unspecified atom stereocenters. The smallest absolute Gasteiger partial charge is 0.210 e. The number of hydrogen-bond donors (Lipinski definition) is 1. The van der Waals surface area contributed by atoms with Crippen LogP contribution in [0.15, 0.2) is 0 Å². The van der Waals surface area contributed by atoms with Gasteiger partial charge in [0.15, 0.2) is 0 Å². The molecule has 10 heavy (non-hydrogen) atoms. The minimum Gasteiger partial charge on any atom is -0.334 e. The topological polar surface area (TPSA) is 37.4 Å². The van der Waals surface area contributed by atoms with Crippen LogP contribution in [0.2, 0.25) is 0 Å². The largest absolute Gasteiger partial charge is 0.334 e. The number of hydrogen-bond acceptors (Lipinski definition) is 2. The van der Waals surface area contributed by atoms with Gasteiger partial charge < -0.3 is 4.90 Å². The third-order valence-corrected chi connectivity index (χ3v) is 2.01. The number of carbonyl (C=O) groups excluding carboxylic acids is 2. The van der Waals surface area contributed by atoms with Gasteiger partial charge in [-0.25, -0.2) is 0 Å². The van der Waals surface area contributed by atoms with Crippen molar-refractivity contribution in [2.24, 2.45) is 0 Å². The monoisotopic (exact) mass is 159 g/mol. The normalized spacial score (nSPS) is 24.9. The Morgan fingerprint density at radius 1 is 1.70 bits per heavy atom. The van der Waals surface area contributed by atoms with Crippen molar-refractivity contribution < 1.29 is 9.59 Å². The Hall–Kier alpha value is -0.510. The summed E-state index contributed by atoms with van der Waals surface area (Å²) < 4.78 is 0. The van der Waals surface area contributed by atoms with Crippen LogP contribution in [0.1, 0.15) is 12.8 Å². The second kappa shape index (κ2) is 3.05. The molecule has 1 amide bonds. The van der Waals surface area contributed by atoms with E-state index in [0.717, 1.165) is 12.8 Å². The summed E-state index contributed by atoms with van der Waals surface area (Å²) in [6, 6.07) is -0.263. The van der Waals surface area contributed by atoms with E-state index in [9.17, 15) is 9.59 Å². The summed E-state index contributed by atoms with van der Waals surface area (Å²) in [6.07, 6.45) is 2.39. The first-order valence-corrected chi connectivity index (χ1v) is 3.64. The van der Waals surface area contributed by atoms with Crippen LogP contribution < -0.4 is 0 Å². The van der Waals surface area contributed by atoms with Gasteiger partial charge in [0.05, 0.1) is 0 Å². The third-order valence-electron chi connectivity index (χ3n) is 1.71. The number of carbonyl (C=O) groups is 2. The molecule has 0 bridgehead atoms. The molecule has 0 aliphatic carbocycles. The molecule has 1 heterocycles. The van der Waals surface area contributed by atoms with Gasteiger partial charge in [-0.15, -0.1) is 12.6 Å². The molecule has 0 N–H and O–H groups in total. The molecule has 0 aromatic rings. The van der Waals surface area contributed by atoms with E-state index in [2.05, 4.69) is 12.6 Å². The second-order valence-electron chi connectivity index (χ2n) is 2.34. The highest BCUT2D eigenvalue weighted by atomic mass is 32.1. The van der Waals surface area contributed by atoms with Crippen LogP contribution in [0.4, 0.5) is 0 Å². The van der Waals surface area contributed by atoms with E-state index in [1.54, 1.807) is 0 Å². The first kappa shape index (κ1) is 7.60. The lowest BCUT2D eigenvalue weighted by Crippen LogP contribution is -2.32. The number of thiol groups is 1. The molecule has 56 valence electrons. The lowest BCUT2D eigenvalue weighted by molar-refractivity contribution is -0.124. The zero-order chi connectivity index (χ0) is 7.56. The summed E-state index contributed by atoms with van der Waals surface area (Å²) in [4.78, 5) is 22.4. The Kier molecular flexibility index (Phi) is 2.32. The molecule has 4 heteroatoms. The maximum Gasteiger partial charge on any atom is 0.210 e. The Balaban J connectivity index is 2.58. The van der Waals surface area contributed by atoms with Crippen molar-refractivity contribution in [3.8, 4) is 0 Å². The lowest BCUT2D eigenvalue weighted by Gasteiger charge is -2.15. The predicted octanol–water partition coefficient (Wildman–Crippen LogP) is 0.0636. The summed E-state index contributed by atoms with van der Waals surface area (Å²) in [7, 11) is 0. The molecule has 1 aliphatic heterocycles. The van der Waals surface area contributed by atoms with Gasteiger partial charge in [-0.3, -0.25) is 9.59 Å². The zero-order valence-electron chi connectivity index (χ0n) is 5.49. The Morgan fingerprint density at radius 2 is 2.40 bits per heavy atom. The highest BCUT2D eigenvalue weighted by Crippen LogP contribution is 2.16. The van der Waals surface area contributed by atoms with Crippen molar-refractivity contribution in [2.45, 2.75) is 18.9 Å². The maximum absolute atomic E-state index is 10.7. The fraction of sp³-hybridized carbons (Fsp3) is 0.667. The minimum absolute atomic E-state index is 0.204. The highest BCUT2D eigenvalue weighted by Gasteiger charge is 2.26. The van der Waals surface area contributed by atoms with Gasteiger partial charge in [0, 0.05) is 6.54 Å². The zero-order valence-corrected chi connectivity index (χ0v) is 6.38. The van der Waals surface area contributed by atoms with Crippen molar-refractivity contribution in [3.63, 3.8) is 0 Å². The molecule has 0 spiro atoms. The quantitative estimate of drug-likeness (QED) is 0.457. The average molecular weight is 159 g/mol. The molecule has 0 aromatic carbocycles. The summed E-state index contributed by atoms with van der Waals surface area (Å²) >= 11 is 3.67. The predicted molar refractivity (Wildman–Crippen MR) is 39.8 cm³/mol. The summed E-state index contributed by atoms with van der Waals surface area (Å²) in [6.45, 7) is 0.695. The van der Waals surface area contributed by atoms with Gasteiger partial charge in [0.1, 0.15) is 6.04 Å². The van der Waals surface area contributed by atoms with Crippen molar-refractivity contribution in [3.05, 3.63) is 0 Å². The molecule has 0 saturated carbocycles. The van der Waals surface area contributed by atoms with Crippen LogP contribution >= 0.6 is 12.6 Å². The molecule has 0 aromatic heterocycles. The number of nitrogens with zero attached hydrogens (tertiary/aromatic N) is 1. The van der Waals surface area contributed by atoms with Crippen LogP contribution in [0.5, 0.6) is 0 Å². The summed E-state index contributed by atoms with van der Waals surface area (Å²) in [5.74, 6) is 0. The van der Waals surface area contributed by atoms with E-state index in [0.29, 0.717) is 13.0 Å². The van der Waals surface area contributed by atoms with Crippen molar-refractivity contribution in [1.29, 1.82) is 0 Å². The molecule has 1 atom stereocenters. The first-order chi connectivity index (χ1) is 4.75. The molecule has 0 radical (unpaired) electrons. The van der Waals surface area contributed by atoms with Gasteiger partial charge in [-0.2, -0.15) is 0 Å². The lowest BCUT2D eigenvalue weighted by atomic mass is 10.2. The highest BCUT2D eigenvalue weighted by molar-refractivity contribution is 7.96. The van der Waals surface area contributed by atoms with Crippen molar-refractivity contribution >= 4 is 24.2 Å². The van der Waals surface area contributed by atoms with Gasteiger partial charge in [0.25, 0.3) is 0 Å². The van der Waals surface area contributed by atoms with E-state index in [-0.39, 0.29) is 11.2 Å². The van der Waals surface area contributed by atoms with Crippen LogP contribution in [0.25, 0.3) is 0 Å². The Bertz CT molecular complexity index is 160. The molecule has 1 saturated heterocycles. The molecule has 3 nitrogen and oxygen atoms in total. The van der Waals surface area contributed by atoms with E-state index in [4.69, 9.17) is 0 Å². The van der Waals surface area contributed by atoms with Gasteiger partial charge >= 0.3 is 0 Å². The Labute approximate surface area is 64.8 Å². The molecule has 1 aliphatic rings. The van der Waals surface area contributed by atoms with E-state index in [1.807, 2.05) is 0 Å². The van der Waals surface area contributed by atoms with Crippen LogP contribution in [0, 0.1) is 0 Å². The van der Waals surface area contributed by atoms with Crippen molar-refractivity contribution in [2.75, 3.05) is 6.54 Å².